The lowest BCUT2D eigenvalue weighted by atomic mass is 10.0. The summed E-state index contributed by atoms with van der Waals surface area (Å²) in [6, 6.07) is 16.3. The highest BCUT2D eigenvalue weighted by molar-refractivity contribution is 5.88. The molecule has 152 valence electrons. The molecule has 1 atom stereocenters. The molecule has 1 unspecified atom stereocenters. The lowest BCUT2D eigenvalue weighted by Gasteiger charge is -2.21. The molecule has 3 N–H and O–H groups in total. The summed E-state index contributed by atoms with van der Waals surface area (Å²) in [5.74, 6) is 0.818. The van der Waals surface area contributed by atoms with Gasteiger partial charge in [0.25, 0.3) is 5.91 Å². The van der Waals surface area contributed by atoms with Crippen LogP contribution in [0.4, 0.5) is 0 Å². The number of aromatic amines is 1. The molecule has 7 nitrogen and oxygen atoms in total. The SMILES string of the molecule is CC(C)C(NC(=O)COc1ccccc1)C(=O)NCCc1nc2ccccc2[nH]1. The fourth-order valence-electron chi connectivity index (χ4n) is 2.95. The molecular weight excluding hydrogens is 368 g/mol. The fraction of sp³-hybridized carbons (Fsp3) is 0.318. The average Bonchev–Trinajstić information content (AvgIpc) is 3.13. The van der Waals surface area contributed by atoms with E-state index in [1.807, 2.05) is 56.3 Å². The first-order valence-corrected chi connectivity index (χ1v) is 9.71. The molecule has 0 saturated carbocycles. The number of aromatic nitrogens is 2. The maximum atomic E-state index is 12.6. The Morgan fingerprint density at radius 2 is 1.79 bits per heavy atom. The van der Waals surface area contributed by atoms with E-state index >= 15 is 0 Å². The first kappa shape index (κ1) is 20.4. The summed E-state index contributed by atoms with van der Waals surface area (Å²) in [5, 5.41) is 5.64. The Bertz CT molecular complexity index is 920. The van der Waals surface area contributed by atoms with Crippen LogP contribution in [-0.4, -0.2) is 41.0 Å². The van der Waals surface area contributed by atoms with Crippen LogP contribution in [0.25, 0.3) is 11.0 Å². The van der Waals surface area contributed by atoms with Crippen LogP contribution in [0.1, 0.15) is 19.7 Å². The number of nitrogens with one attached hydrogen (secondary N) is 3. The molecule has 2 aromatic carbocycles. The van der Waals surface area contributed by atoms with Gasteiger partial charge >= 0.3 is 0 Å². The van der Waals surface area contributed by atoms with Gasteiger partial charge in [0.1, 0.15) is 17.6 Å². The van der Waals surface area contributed by atoms with Crippen molar-refractivity contribution in [2.75, 3.05) is 13.2 Å². The first-order valence-electron chi connectivity index (χ1n) is 9.71. The van der Waals surface area contributed by atoms with Crippen molar-refractivity contribution >= 4 is 22.8 Å². The predicted molar refractivity (Wildman–Crippen MR) is 112 cm³/mol. The molecule has 0 aliphatic rings. The highest BCUT2D eigenvalue weighted by atomic mass is 16.5. The Balaban J connectivity index is 1.47. The Hall–Kier alpha value is -3.35. The highest BCUT2D eigenvalue weighted by Gasteiger charge is 2.24. The minimum Gasteiger partial charge on any atom is -0.484 e. The number of ether oxygens (including phenoxy) is 1. The van der Waals surface area contributed by atoms with Crippen molar-refractivity contribution in [2.45, 2.75) is 26.3 Å². The molecule has 3 aromatic rings. The van der Waals surface area contributed by atoms with Crippen molar-refractivity contribution < 1.29 is 14.3 Å². The Labute approximate surface area is 169 Å². The minimum absolute atomic E-state index is 0.0538. The number of H-pyrrole nitrogens is 1. The molecule has 0 bridgehead atoms. The summed E-state index contributed by atoms with van der Waals surface area (Å²) in [6.07, 6.45) is 0.580. The number of hydrogen-bond donors (Lipinski definition) is 3. The molecular formula is C22H26N4O3. The number of carbonyl (C=O) groups excluding carboxylic acids is 2. The van der Waals surface area contributed by atoms with Gasteiger partial charge in [0.2, 0.25) is 5.91 Å². The van der Waals surface area contributed by atoms with E-state index in [4.69, 9.17) is 4.74 Å². The average molecular weight is 394 g/mol. The van der Waals surface area contributed by atoms with Crippen molar-refractivity contribution in [2.24, 2.45) is 5.92 Å². The lowest BCUT2D eigenvalue weighted by Crippen LogP contribution is -2.51. The van der Waals surface area contributed by atoms with Crippen molar-refractivity contribution in [1.29, 1.82) is 0 Å². The predicted octanol–water partition coefficient (Wildman–Crippen LogP) is 2.44. The first-order chi connectivity index (χ1) is 14.0. The lowest BCUT2D eigenvalue weighted by molar-refractivity contribution is -0.131. The topological polar surface area (TPSA) is 96.1 Å². The molecule has 1 aromatic heterocycles. The molecule has 3 rings (SSSR count). The third kappa shape index (κ3) is 5.81. The van der Waals surface area contributed by atoms with Gasteiger partial charge < -0.3 is 20.4 Å². The highest BCUT2D eigenvalue weighted by Crippen LogP contribution is 2.11. The molecule has 0 fully saturated rings. The molecule has 2 amide bonds. The van der Waals surface area contributed by atoms with Crippen molar-refractivity contribution in [1.82, 2.24) is 20.6 Å². The van der Waals surface area contributed by atoms with Crippen molar-refractivity contribution in [3.8, 4) is 5.75 Å². The van der Waals surface area contributed by atoms with Crippen LogP contribution in [0.3, 0.4) is 0 Å². The van der Waals surface area contributed by atoms with Gasteiger partial charge in [0, 0.05) is 13.0 Å². The van der Waals surface area contributed by atoms with E-state index in [-0.39, 0.29) is 24.3 Å². The van der Waals surface area contributed by atoms with Crippen molar-refractivity contribution in [3.05, 3.63) is 60.4 Å². The molecule has 0 spiro atoms. The number of nitrogens with zero attached hydrogens (tertiary/aromatic N) is 1. The van der Waals surface area contributed by atoms with Crippen LogP contribution in [0, 0.1) is 5.92 Å². The summed E-state index contributed by atoms with van der Waals surface area (Å²) >= 11 is 0. The van der Waals surface area contributed by atoms with E-state index in [0.29, 0.717) is 18.7 Å². The molecule has 1 heterocycles. The third-order valence-electron chi connectivity index (χ3n) is 4.48. The maximum absolute atomic E-state index is 12.6. The number of carbonyl (C=O) groups is 2. The summed E-state index contributed by atoms with van der Waals surface area (Å²) in [4.78, 5) is 32.5. The number of hydrogen-bond acceptors (Lipinski definition) is 4. The van der Waals surface area contributed by atoms with Crippen molar-refractivity contribution in [3.63, 3.8) is 0 Å². The zero-order valence-electron chi connectivity index (χ0n) is 16.6. The van der Waals surface area contributed by atoms with Crippen LogP contribution in [0.2, 0.25) is 0 Å². The van der Waals surface area contributed by atoms with Gasteiger partial charge in [-0.2, -0.15) is 0 Å². The molecule has 29 heavy (non-hydrogen) atoms. The maximum Gasteiger partial charge on any atom is 0.258 e. The molecule has 0 radical (unpaired) electrons. The van der Waals surface area contributed by atoms with Crippen LogP contribution < -0.4 is 15.4 Å². The van der Waals surface area contributed by atoms with Gasteiger partial charge in [-0.3, -0.25) is 9.59 Å². The number of benzene rings is 2. The Morgan fingerprint density at radius 3 is 2.52 bits per heavy atom. The largest absolute Gasteiger partial charge is 0.484 e. The van der Waals surface area contributed by atoms with Crippen LogP contribution in [0.15, 0.2) is 54.6 Å². The van der Waals surface area contributed by atoms with E-state index < -0.39 is 6.04 Å². The van der Waals surface area contributed by atoms with Gasteiger partial charge in [0.05, 0.1) is 11.0 Å². The van der Waals surface area contributed by atoms with E-state index in [1.165, 1.54) is 0 Å². The second-order valence-corrected chi connectivity index (χ2v) is 7.13. The Kier molecular flexibility index (Phi) is 6.84. The smallest absolute Gasteiger partial charge is 0.258 e. The van der Waals surface area contributed by atoms with Crippen LogP contribution in [0.5, 0.6) is 5.75 Å². The number of rotatable bonds is 9. The summed E-state index contributed by atoms with van der Waals surface area (Å²) in [6.45, 7) is 4.07. The van der Waals surface area contributed by atoms with E-state index in [1.54, 1.807) is 12.1 Å². The summed E-state index contributed by atoms with van der Waals surface area (Å²) in [7, 11) is 0. The second kappa shape index (κ2) is 9.73. The zero-order chi connectivity index (χ0) is 20.6. The molecule has 7 heteroatoms. The molecule has 0 aliphatic heterocycles. The quantitative estimate of drug-likeness (QED) is 0.519. The van der Waals surface area contributed by atoms with E-state index in [9.17, 15) is 9.59 Å². The van der Waals surface area contributed by atoms with Gasteiger partial charge in [-0.25, -0.2) is 4.98 Å². The minimum atomic E-state index is -0.627. The fourth-order valence-corrected chi connectivity index (χ4v) is 2.95. The van der Waals surface area contributed by atoms with E-state index in [0.717, 1.165) is 16.9 Å². The zero-order valence-corrected chi connectivity index (χ0v) is 16.6. The third-order valence-corrected chi connectivity index (χ3v) is 4.48. The standard InChI is InChI=1S/C22H26N4O3/c1-15(2)21(26-20(27)14-29-16-8-4-3-5-9-16)22(28)23-13-12-19-24-17-10-6-7-11-18(17)25-19/h3-11,15,21H,12-14H2,1-2H3,(H,23,28)(H,24,25)(H,26,27). The number of imidazole rings is 1. The van der Waals surface area contributed by atoms with Gasteiger partial charge in [-0.1, -0.05) is 44.2 Å². The van der Waals surface area contributed by atoms with Crippen LogP contribution in [-0.2, 0) is 16.0 Å². The molecule has 0 aliphatic carbocycles. The number of fused-ring (bicyclic) bond motifs is 1. The second-order valence-electron chi connectivity index (χ2n) is 7.13. The van der Waals surface area contributed by atoms with Crippen LogP contribution >= 0.6 is 0 Å². The normalized spacial score (nSPS) is 12.0. The van der Waals surface area contributed by atoms with E-state index in [2.05, 4.69) is 20.6 Å². The number of amides is 2. The monoisotopic (exact) mass is 394 g/mol. The van der Waals surface area contributed by atoms with Gasteiger partial charge in [0.15, 0.2) is 6.61 Å². The molecule has 0 saturated heterocycles. The van der Waals surface area contributed by atoms with Gasteiger partial charge in [-0.05, 0) is 30.2 Å². The summed E-state index contributed by atoms with van der Waals surface area (Å²) < 4.78 is 5.44. The summed E-state index contributed by atoms with van der Waals surface area (Å²) in [5.41, 5.74) is 1.87. The van der Waals surface area contributed by atoms with Gasteiger partial charge in [-0.15, -0.1) is 0 Å². The Morgan fingerprint density at radius 1 is 1.07 bits per heavy atom. The number of para-hydroxylation sites is 3.